The molecule has 1 aromatic rings. The van der Waals surface area contributed by atoms with Crippen molar-refractivity contribution in [3.63, 3.8) is 0 Å². The van der Waals surface area contributed by atoms with E-state index in [9.17, 15) is 17.6 Å². The van der Waals surface area contributed by atoms with Gasteiger partial charge in [-0.1, -0.05) is 12.1 Å². The van der Waals surface area contributed by atoms with Gasteiger partial charge in [-0.15, -0.1) is 0 Å². The zero-order chi connectivity index (χ0) is 16.2. The molecule has 2 rings (SSSR count). The van der Waals surface area contributed by atoms with Crippen LogP contribution in [0.3, 0.4) is 0 Å². The summed E-state index contributed by atoms with van der Waals surface area (Å²) in [6.07, 6.45) is -5.24. The molecule has 1 heterocycles. The first kappa shape index (κ1) is 17.0. The Balaban J connectivity index is 2.28. The average Bonchev–Trinajstić information content (AvgIpc) is 2.47. The topological polar surface area (TPSA) is 24.5 Å². The molecule has 1 fully saturated rings. The molecule has 0 saturated carbocycles. The minimum atomic E-state index is -4.23. The second-order valence-electron chi connectivity index (χ2n) is 5.32. The second kappa shape index (κ2) is 7.28. The fourth-order valence-corrected chi connectivity index (χ4v) is 2.83. The summed E-state index contributed by atoms with van der Waals surface area (Å²) >= 11 is 0. The lowest BCUT2D eigenvalue weighted by Crippen LogP contribution is -2.45. The van der Waals surface area contributed by atoms with Gasteiger partial charge < -0.3 is 10.1 Å². The summed E-state index contributed by atoms with van der Waals surface area (Å²) in [4.78, 5) is 1.96. The van der Waals surface area contributed by atoms with E-state index in [0.717, 1.165) is 0 Å². The molecule has 3 nitrogen and oxygen atoms in total. The van der Waals surface area contributed by atoms with Gasteiger partial charge in [0, 0.05) is 44.2 Å². The van der Waals surface area contributed by atoms with Crippen molar-refractivity contribution in [2.45, 2.75) is 25.1 Å². The van der Waals surface area contributed by atoms with Crippen LogP contribution in [0.25, 0.3) is 0 Å². The summed E-state index contributed by atoms with van der Waals surface area (Å²) in [7, 11) is 1.33. The lowest BCUT2D eigenvalue weighted by molar-refractivity contribution is -0.138. The van der Waals surface area contributed by atoms with E-state index in [-0.39, 0.29) is 12.2 Å². The molecule has 7 heteroatoms. The van der Waals surface area contributed by atoms with E-state index in [1.807, 2.05) is 4.90 Å². The van der Waals surface area contributed by atoms with E-state index < -0.39 is 24.5 Å². The zero-order valence-electron chi connectivity index (χ0n) is 12.4. The number of benzene rings is 1. The summed E-state index contributed by atoms with van der Waals surface area (Å²) in [5.74, 6) is -0.514. The normalized spacial score (nSPS) is 18.2. The Labute approximate surface area is 127 Å². The predicted octanol–water partition coefficient (Wildman–Crippen LogP) is 3.12. The van der Waals surface area contributed by atoms with E-state index in [2.05, 4.69) is 5.32 Å². The molecule has 1 aromatic carbocycles. The highest BCUT2D eigenvalue weighted by Crippen LogP contribution is 2.37. The van der Waals surface area contributed by atoms with Crippen molar-refractivity contribution >= 4 is 0 Å². The number of hydrogen-bond acceptors (Lipinski definition) is 3. The molecule has 0 radical (unpaired) electrons. The van der Waals surface area contributed by atoms with Gasteiger partial charge >= 0.3 is 6.18 Å². The number of alkyl halides is 3. The summed E-state index contributed by atoms with van der Waals surface area (Å²) in [6.45, 7) is 2.67. The van der Waals surface area contributed by atoms with Crippen LogP contribution in [0.15, 0.2) is 18.2 Å². The molecule has 0 amide bonds. The number of piperazine rings is 1. The molecule has 1 N–H and O–H groups in total. The van der Waals surface area contributed by atoms with Gasteiger partial charge in [-0.25, -0.2) is 4.39 Å². The fraction of sp³-hybridized carbons (Fsp3) is 0.600. The molecular formula is C15H20F4N2O. The minimum Gasteiger partial charge on any atom is -0.493 e. The molecule has 0 aromatic heterocycles. The lowest BCUT2D eigenvalue weighted by atomic mass is 9.98. The number of nitrogens with zero attached hydrogens (tertiary/aromatic N) is 1. The number of para-hydroxylation sites is 1. The van der Waals surface area contributed by atoms with Crippen molar-refractivity contribution < 1.29 is 22.3 Å². The monoisotopic (exact) mass is 320 g/mol. The first-order valence-corrected chi connectivity index (χ1v) is 7.26. The lowest BCUT2D eigenvalue weighted by Gasteiger charge is -2.36. The number of nitrogens with one attached hydrogen (secondary N) is 1. The third-order valence-corrected chi connectivity index (χ3v) is 3.85. The highest BCUT2D eigenvalue weighted by molar-refractivity contribution is 5.37. The number of ether oxygens (including phenoxy) is 1. The van der Waals surface area contributed by atoms with Gasteiger partial charge in [-0.3, -0.25) is 4.90 Å². The van der Waals surface area contributed by atoms with Gasteiger partial charge in [-0.05, 0) is 12.5 Å². The van der Waals surface area contributed by atoms with Gasteiger partial charge in [0.2, 0.25) is 0 Å². The van der Waals surface area contributed by atoms with Crippen molar-refractivity contribution in [1.29, 1.82) is 0 Å². The Hall–Kier alpha value is -1.34. The molecule has 0 spiro atoms. The van der Waals surface area contributed by atoms with Crippen LogP contribution in [-0.2, 0) is 0 Å². The molecular weight excluding hydrogens is 300 g/mol. The number of hydrogen-bond donors (Lipinski definition) is 1. The quantitative estimate of drug-likeness (QED) is 0.844. The van der Waals surface area contributed by atoms with Crippen LogP contribution in [-0.4, -0.2) is 44.4 Å². The van der Waals surface area contributed by atoms with Crippen LogP contribution < -0.4 is 10.1 Å². The summed E-state index contributed by atoms with van der Waals surface area (Å²) < 4.78 is 56.8. The SMILES string of the molecule is COc1c(F)cccc1[C@H](CCC(F)(F)F)N1CCNCC1. The van der Waals surface area contributed by atoms with Gasteiger partial charge in [0.15, 0.2) is 11.6 Å². The van der Waals surface area contributed by atoms with Gasteiger partial charge in [0.25, 0.3) is 0 Å². The maximum atomic E-state index is 13.9. The van der Waals surface area contributed by atoms with Crippen LogP contribution in [0.2, 0.25) is 0 Å². The van der Waals surface area contributed by atoms with E-state index in [0.29, 0.717) is 31.7 Å². The number of halogens is 4. The van der Waals surface area contributed by atoms with Crippen LogP contribution in [0.1, 0.15) is 24.4 Å². The molecule has 22 heavy (non-hydrogen) atoms. The van der Waals surface area contributed by atoms with Crippen LogP contribution in [0.4, 0.5) is 17.6 Å². The first-order valence-electron chi connectivity index (χ1n) is 7.26. The van der Waals surface area contributed by atoms with Crippen molar-refractivity contribution in [2.24, 2.45) is 0 Å². The molecule has 0 unspecified atom stereocenters. The third kappa shape index (κ3) is 4.33. The van der Waals surface area contributed by atoms with Crippen molar-refractivity contribution in [2.75, 3.05) is 33.3 Å². The molecule has 124 valence electrons. The standard InChI is InChI=1S/C15H20F4N2O/c1-22-14-11(3-2-4-12(14)16)13(5-6-15(17,18)19)21-9-7-20-8-10-21/h2-4,13,20H,5-10H2,1H3/t13-/m0/s1. The molecule has 1 aliphatic heterocycles. The number of rotatable bonds is 5. The number of methoxy groups -OCH3 is 1. The average molecular weight is 320 g/mol. The molecule has 0 bridgehead atoms. The van der Waals surface area contributed by atoms with Crippen LogP contribution in [0, 0.1) is 5.82 Å². The molecule has 1 aliphatic rings. The second-order valence-corrected chi connectivity index (χ2v) is 5.32. The highest BCUT2D eigenvalue weighted by Gasteiger charge is 2.32. The summed E-state index contributed by atoms with van der Waals surface area (Å²) in [6, 6.07) is 3.90. The summed E-state index contributed by atoms with van der Waals surface area (Å²) in [5, 5.41) is 3.16. The Kier molecular flexibility index (Phi) is 5.63. The van der Waals surface area contributed by atoms with E-state index >= 15 is 0 Å². The zero-order valence-corrected chi connectivity index (χ0v) is 12.4. The van der Waals surface area contributed by atoms with Crippen LogP contribution >= 0.6 is 0 Å². The highest BCUT2D eigenvalue weighted by atomic mass is 19.4. The Morgan fingerprint density at radius 2 is 1.95 bits per heavy atom. The third-order valence-electron chi connectivity index (χ3n) is 3.85. The molecule has 0 aliphatic carbocycles. The minimum absolute atomic E-state index is 0.0354. The van der Waals surface area contributed by atoms with Gasteiger partial charge in [0.1, 0.15) is 0 Å². The summed E-state index contributed by atoms with van der Waals surface area (Å²) in [5.41, 5.74) is 0.480. The van der Waals surface area contributed by atoms with E-state index in [1.165, 1.54) is 19.2 Å². The van der Waals surface area contributed by atoms with E-state index in [1.54, 1.807) is 6.07 Å². The molecule has 1 saturated heterocycles. The fourth-order valence-electron chi connectivity index (χ4n) is 2.83. The Morgan fingerprint density at radius 3 is 2.55 bits per heavy atom. The Morgan fingerprint density at radius 1 is 1.27 bits per heavy atom. The van der Waals surface area contributed by atoms with Crippen molar-refractivity contribution in [1.82, 2.24) is 10.2 Å². The predicted molar refractivity (Wildman–Crippen MR) is 75.4 cm³/mol. The molecule has 1 atom stereocenters. The smallest absolute Gasteiger partial charge is 0.389 e. The van der Waals surface area contributed by atoms with Gasteiger partial charge in [-0.2, -0.15) is 13.2 Å². The van der Waals surface area contributed by atoms with E-state index in [4.69, 9.17) is 4.74 Å². The van der Waals surface area contributed by atoms with Gasteiger partial charge in [0.05, 0.1) is 7.11 Å². The first-order chi connectivity index (χ1) is 10.4. The Bertz CT molecular complexity index is 487. The largest absolute Gasteiger partial charge is 0.493 e. The maximum absolute atomic E-state index is 13.9. The van der Waals surface area contributed by atoms with Crippen molar-refractivity contribution in [3.8, 4) is 5.75 Å². The maximum Gasteiger partial charge on any atom is 0.389 e. The van der Waals surface area contributed by atoms with Crippen molar-refractivity contribution in [3.05, 3.63) is 29.6 Å². The van der Waals surface area contributed by atoms with Crippen LogP contribution in [0.5, 0.6) is 5.75 Å².